The van der Waals surface area contributed by atoms with E-state index in [1.54, 1.807) is 0 Å². The maximum absolute atomic E-state index is 4.65. The summed E-state index contributed by atoms with van der Waals surface area (Å²) in [6.07, 6.45) is 1.90. The predicted molar refractivity (Wildman–Crippen MR) is 103 cm³/mol. The molecule has 0 radical (unpaired) electrons. The Kier molecular flexibility index (Phi) is 4.33. The van der Waals surface area contributed by atoms with Crippen molar-refractivity contribution in [1.82, 2.24) is 5.01 Å². The summed E-state index contributed by atoms with van der Waals surface area (Å²) in [5.74, 6) is 0. The van der Waals surface area contributed by atoms with Gasteiger partial charge in [0.25, 0.3) is 0 Å². The number of benzene rings is 3. The lowest BCUT2D eigenvalue weighted by Crippen LogP contribution is -2.51. The zero-order valence-corrected chi connectivity index (χ0v) is 13.9. The lowest BCUT2D eigenvalue weighted by molar-refractivity contribution is 0.367. The normalized spacial score (nSPS) is 14.0. The van der Waals surface area contributed by atoms with Crippen LogP contribution in [-0.2, 0) is 6.54 Å². The Morgan fingerprint density at radius 2 is 1.24 bits per heavy atom. The van der Waals surface area contributed by atoms with E-state index in [0.29, 0.717) is 6.67 Å². The standard InChI is InChI=1S/C21H20N4/c1-4-10-19(11-5-1)16-23-17-22-24(20-12-6-2-7-13-20)18-25(23)21-14-8-3-9-15-21/h1-15,17H,16,18H2. The Labute approximate surface area is 148 Å². The topological polar surface area (TPSA) is 22.1 Å². The van der Waals surface area contributed by atoms with Crippen molar-refractivity contribution < 1.29 is 0 Å². The van der Waals surface area contributed by atoms with Gasteiger partial charge in [-0.3, -0.25) is 10.0 Å². The molecule has 0 bridgehead atoms. The van der Waals surface area contributed by atoms with Gasteiger partial charge in [-0.2, -0.15) is 5.10 Å². The summed E-state index contributed by atoms with van der Waals surface area (Å²) in [4.78, 5) is 0. The number of hydrazone groups is 1. The molecule has 0 fully saturated rings. The molecule has 0 atom stereocenters. The van der Waals surface area contributed by atoms with Crippen LogP contribution >= 0.6 is 0 Å². The highest BCUT2D eigenvalue weighted by molar-refractivity contribution is 5.66. The molecule has 3 aromatic rings. The second kappa shape index (κ2) is 7.09. The van der Waals surface area contributed by atoms with Crippen molar-refractivity contribution in [3.05, 3.63) is 96.6 Å². The molecular weight excluding hydrogens is 308 g/mol. The third-order valence-corrected chi connectivity index (χ3v) is 4.20. The first-order valence-electron chi connectivity index (χ1n) is 8.40. The van der Waals surface area contributed by atoms with Gasteiger partial charge in [0.2, 0.25) is 0 Å². The Hall–Kier alpha value is -3.27. The number of hydrogen-bond donors (Lipinski definition) is 0. The molecule has 0 amide bonds. The molecule has 0 aliphatic carbocycles. The van der Waals surface area contributed by atoms with E-state index in [1.807, 2.05) is 41.7 Å². The summed E-state index contributed by atoms with van der Waals surface area (Å²) >= 11 is 0. The van der Waals surface area contributed by atoms with Crippen molar-refractivity contribution in [2.24, 2.45) is 5.10 Å². The molecule has 4 nitrogen and oxygen atoms in total. The first-order valence-corrected chi connectivity index (χ1v) is 8.40. The van der Waals surface area contributed by atoms with Crippen LogP contribution < -0.4 is 10.0 Å². The van der Waals surface area contributed by atoms with Crippen molar-refractivity contribution in [3.8, 4) is 0 Å². The fraction of sp³-hybridized carbons (Fsp3) is 0.0952. The molecule has 4 heteroatoms. The SMILES string of the molecule is C1=NN(c2ccccc2)CN(c2ccccc2)N1Cc1ccccc1. The zero-order chi connectivity index (χ0) is 16.9. The van der Waals surface area contributed by atoms with E-state index in [2.05, 4.69) is 75.8 Å². The van der Waals surface area contributed by atoms with Gasteiger partial charge in [0.1, 0.15) is 13.0 Å². The summed E-state index contributed by atoms with van der Waals surface area (Å²) < 4.78 is 0. The summed E-state index contributed by atoms with van der Waals surface area (Å²) in [7, 11) is 0. The van der Waals surface area contributed by atoms with Gasteiger partial charge in [0, 0.05) is 0 Å². The number of para-hydroxylation sites is 2. The van der Waals surface area contributed by atoms with Crippen LogP contribution in [0.3, 0.4) is 0 Å². The second-order valence-electron chi connectivity index (χ2n) is 5.93. The number of hydrogen-bond acceptors (Lipinski definition) is 4. The van der Waals surface area contributed by atoms with Crippen LogP contribution in [0.5, 0.6) is 0 Å². The smallest absolute Gasteiger partial charge is 0.132 e. The number of nitrogens with zero attached hydrogens (tertiary/aromatic N) is 4. The van der Waals surface area contributed by atoms with Gasteiger partial charge in [-0.05, 0) is 29.8 Å². The molecule has 0 N–H and O–H groups in total. The predicted octanol–water partition coefficient (Wildman–Crippen LogP) is 4.33. The van der Waals surface area contributed by atoms with Gasteiger partial charge in [0.15, 0.2) is 0 Å². The Balaban J connectivity index is 1.64. The fourth-order valence-electron chi connectivity index (χ4n) is 2.90. The molecule has 0 saturated carbocycles. The number of hydrazine groups is 1. The van der Waals surface area contributed by atoms with Gasteiger partial charge in [-0.25, -0.2) is 5.01 Å². The molecule has 124 valence electrons. The van der Waals surface area contributed by atoms with Crippen LogP contribution in [0.15, 0.2) is 96.1 Å². The minimum absolute atomic E-state index is 0.664. The monoisotopic (exact) mass is 328 g/mol. The van der Waals surface area contributed by atoms with Gasteiger partial charge >= 0.3 is 0 Å². The average molecular weight is 328 g/mol. The number of anilines is 2. The average Bonchev–Trinajstić information content (AvgIpc) is 2.70. The summed E-state index contributed by atoms with van der Waals surface area (Å²) in [5.41, 5.74) is 3.48. The van der Waals surface area contributed by atoms with Crippen molar-refractivity contribution in [2.45, 2.75) is 6.54 Å². The Morgan fingerprint density at radius 3 is 1.88 bits per heavy atom. The Morgan fingerprint density at radius 1 is 0.680 bits per heavy atom. The lowest BCUT2D eigenvalue weighted by atomic mass is 10.2. The Bertz CT molecular complexity index is 818. The molecule has 25 heavy (non-hydrogen) atoms. The molecule has 0 aromatic heterocycles. The highest BCUT2D eigenvalue weighted by Crippen LogP contribution is 2.23. The molecular formula is C21H20N4. The van der Waals surface area contributed by atoms with Gasteiger partial charge in [-0.1, -0.05) is 66.7 Å². The minimum atomic E-state index is 0.664. The van der Waals surface area contributed by atoms with Crippen LogP contribution in [0.4, 0.5) is 11.4 Å². The first kappa shape index (κ1) is 15.3. The molecule has 0 saturated heterocycles. The third kappa shape index (κ3) is 3.48. The van der Waals surface area contributed by atoms with E-state index in [4.69, 9.17) is 0 Å². The van der Waals surface area contributed by atoms with Gasteiger partial charge in [-0.15, -0.1) is 0 Å². The molecule has 3 aromatic carbocycles. The van der Waals surface area contributed by atoms with E-state index in [1.165, 1.54) is 5.56 Å². The molecule has 0 unspecified atom stereocenters. The van der Waals surface area contributed by atoms with Crippen LogP contribution in [0.1, 0.15) is 5.56 Å². The fourth-order valence-corrected chi connectivity index (χ4v) is 2.90. The van der Waals surface area contributed by atoms with Crippen molar-refractivity contribution in [3.63, 3.8) is 0 Å². The van der Waals surface area contributed by atoms with E-state index in [0.717, 1.165) is 17.9 Å². The highest BCUT2D eigenvalue weighted by Gasteiger charge is 2.22. The third-order valence-electron chi connectivity index (χ3n) is 4.20. The molecule has 1 aliphatic rings. The summed E-state index contributed by atoms with van der Waals surface area (Å²) in [5, 5.41) is 11.1. The van der Waals surface area contributed by atoms with E-state index >= 15 is 0 Å². The van der Waals surface area contributed by atoms with Crippen LogP contribution in [0.25, 0.3) is 0 Å². The van der Waals surface area contributed by atoms with E-state index in [-0.39, 0.29) is 0 Å². The van der Waals surface area contributed by atoms with E-state index < -0.39 is 0 Å². The van der Waals surface area contributed by atoms with Crippen molar-refractivity contribution >= 4 is 17.7 Å². The first-order chi connectivity index (χ1) is 12.4. The van der Waals surface area contributed by atoms with Gasteiger partial charge in [0.05, 0.1) is 17.9 Å². The van der Waals surface area contributed by atoms with Crippen LogP contribution in [-0.4, -0.2) is 18.0 Å². The summed E-state index contributed by atoms with van der Waals surface area (Å²) in [6.45, 7) is 1.44. The summed E-state index contributed by atoms with van der Waals surface area (Å²) in [6, 6.07) is 31.1. The molecule has 1 heterocycles. The molecule has 1 aliphatic heterocycles. The quantitative estimate of drug-likeness (QED) is 0.711. The second-order valence-corrected chi connectivity index (χ2v) is 5.93. The zero-order valence-electron chi connectivity index (χ0n) is 13.9. The highest BCUT2D eigenvalue weighted by atomic mass is 15.7. The van der Waals surface area contributed by atoms with Gasteiger partial charge < -0.3 is 0 Å². The van der Waals surface area contributed by atoms with Crippen LogP contribution in [0, 0.1) is 0 Å². The van der Waals surface area contributed by atoms with Crippen molar-refractivity contribution in [1.29, 1.82) is 0 Å². The lowest BCUT2D eigenvalue weighted by Gasteiger charge is -2.41. The van der Waals surface area contributed by atoms with Crippen molar-refractivity contribution in [2.75, 3.05) is 16.7 Å². The maximum atomic E-state index is 4.65. The maximum Gasteiger partial charge on any atom is 0.132 e. The molecule has 4 rings (SSSR count). The largest absolute Gasteiger partial charge is 0.266 e. The van der Waals surface area contributed by atoms with E-state index in [9.17, 15) is 0 Å². The number of rotatable bonds is 4. The van der Waals surface area contributed by atoms with Crippen LogP contribution in [0.2, 0.25) is 0 Å². The minimum Gasteiger partial charge on any atom is -0.266 e. The molecule has 0 spiro atoms.